The Bertz CT molecular complexity index is 1470. The fourth-order valence-corrected chi connectivity index (χ4v) is 6.00. The summed E-state index contributed by atoms with van der Waals surface area (Å²) in [6, 6.07) is 2.19. The summed E-state index contributed by atoms with van der Waals surface area (Å²) in [5.74, 6) is -1.07. The molecule has 4 heterocycles. The van der Waals surface area contributed by atoms with Crippen LogP contribution in [0.4, 0.5) is 23.8 Å². The number of carbonyl (C=O) groups excluding carboxylic acids is 1. The Morgan fingerprint density at radius 2 is 1.76 bits per heavy atom. The molecule has 0 saturated carbocycles. The lowest BCUT2D eigenvalue weighted by Crippen LogP contribution is -2.60. The van der Waals surface area contributed by atoms with Crippen molar-refractivity contribution < 1.29 is 32.6 Å². The van der Waals surface area contributed by atoms with E-state index in [1.165, 1.54) is 24.5 Å². The number of ether oxygens (including phenoxy) is 1. The molecule has 4 rings (SSSR count). The van der Waals surface area contributed by atoms with E-state index in [4.69, 9.17) is 4.74 Å². The number of halogens is 3. The molecule has 10 nitrogen and oxygen atoms in total. The monoisotopic (exact) mass is 606 g/mol. The van der Waals surface area contributed by atoms with Crippen LogP contribution in [0.15, 0.2) is 29.9 Å². The summed E-state index contributed by atoms with van der Waals surface area (Å²) in [5, 5.41) is 15.7. The van der Waals surface area contributed by atoms with E-state index in [0.29, 0.717) is 19.4 Å². The molecule has 3 aromatic rings. The van der Waals surface area contributed by atoms with Crippen molar-refractivity contribution in [3.63, 3.8) is 0 Å². The van der Waals surface area contributed by atoms with Crippen molar-refractivity contribution in [2.45, 2.75) is 70.8 Å². The number of rotatable bonds is 7. The number of aromatic carboxylic acids is 1. The van der Waals surface area contributed by atoms with Crippen LogP contribution in [0.1, 0.15) is 63.5 Å². The molecular formula is C28H33F3N6O4S. The van der Waals surface area contributed by atoms with E-state index in [0.717, 1.165) is 16.7 Å². The molecule has 1 saturated heterocycles. The van der Waals surface area contributed by atoms with Crippen LogP contribution < -0.4 is 15.4 Å². The number of nitrogens with one attached hydrogen (secondary N) is 2. The van der Waals surface area contributed by atoms with Gasteiger partial charge in [0.1, 0.15) is 16.9 Å². The van der Waals surface area contributed by atoms with Crippen molar-refractivity contribution in [3.8, 4) is 27.6 Å². The highest BCUT2D eigenvalue weighted by Gasteiger charge is 2.44. The summed E-state index contributed by atoms with van der Waals surface area (Å²) in [6.07, 6.45) is -1.15. The molecule has 0 atom stereocenters. The smallest absolute Gasteiger partial charge is 0.434 e. The summed E-state index contributed by atoms with van der Waals surface area (Å²) >= 11 is 0.758. The van der Waals surface area contributed by atoms with E-state index in [9.17, 15) is 27.9 Å². The number of anilines is 1. The molecule has 0 aliphatic carbocycles. The minimum atomic E-state index is -4.67. The molecule has 1 fully saturated rings. The van der Waals surface area contributed by atoms with E-state index in [1.54, 1.807) is 6.92 Å². The first kappa shape index (κ1) is 31.2. The molecular weight excluding hydrogens is 573 g/mol. The summed E-state index contributed by atoms with van der Waals surface area (Å²) in [5.41, 5.74) is -1.00. The third-order valence-corrected chi connectivity index (χ3v) is 8.32. The Kier molecular flexibility index (Phi) is 8.52. The molecule has 0 unspecified atom stereocenters. The minimum Gasteiger partial charge on any atom is -0.478 e. The maximum absolute atomic E-state index is 13.5. The normalized spacial score (nSPS) is 17.1. The highest BCUT2D eigenvalue weighted by Crippen LogP contribution is 2.43. The Balaban J connectivity index is 1.86. The van der Waals surface area contributed by atoms with Crippen LogP contribution in [0.5, 0.6) is 5.88 Å². The largest absolute Gasteiger partial charge is 0.478 e. The van der Waals surface area contributed by atoms with Gasteiger partial charge in [0.15, 0.2) is 5.69 Å². The number of carboxylic acid groups (broad SMARTS) is 1. The zero-order chi connectivity index (χ0) is 31.0. The standard InChI is InChI=1S/C28H33F3N6O4S/c1-7-32-25(40)36-21-9-18(23-35-20(14-42-23)28(29,30)31)19(13-33-21)17-8-15(24(38)39)12-34-22(17)41-16-10-26(2,3)37(6)27(4,5)11-16/h8-9,12-14,16H,7,10-11H2,1-6H3,(H,38,39)(H2,32,33,36,40). The van der Waals surface area contributed by atoms with Crippen molar-refractivity contribution in [1.29, 1.82) is 0 Å². The first-order valence-electron chi connectivity index (χ1n) is 13.2. The lowest BCUT2D eigenvalue weighted by Gasteiger charge is -2.53. The zero-order valence-electron chi connectivity index (χ0n) is 24.1. The molecule has 226 valence electrons. The van der Waals surface area contributed by atoms with E-state index in [1.807, 2.05) is 0 Å². The molecule has 1 aliphatic rings. The summed E-state index contributed by atoms with van der Waals surface area (Å²) in [7, 11) is 2.05. The second-order valence-corrected chi connectivity index (χ2v) is 12.2. The van der Waals surface area contributed by atoms with Gasteiger partial charge in [0.25, 0.3) is 0 Å². The molecule has 42 heavy (non-hydrogen) atoms. The number of amides is 2. The van der Waals surface area contributed by atoms with Gasteiger partial charge in [-0.05, 0) is 53.8 Å². The lowest BCUT2D eigenvalue weighted by molar-refractivity contribution is -0.140. The highest BCUT2D eigenvalue weighted by atomic mass is 32.1. The van der Waals surface area contributed by atoms with Gasteiger partial charge < -0.3 is 15.2 Å². The SMILES string of the molecule is CCNC(=O)Nc1cc(-c2nc(C(F)(F)F)cs2)c(-c2cc(C(=O)O)cnc2OC2CC(C)(C)N(C)C(C)(C)C2)cn1. The average molecular weight is 607 g/mol. The Morgan fingerprint density at radius 3 is 2.33 bits per heavy atom. The Morgan fingerprint density at radius 1 is 1.10 bits per heavy atom. The van der Waals surface area contributed by atoms with E-state index in [-0.39, 0.29) is 56.1 Å². The minimum absolute atomic E-state index is 0.00749. The third-order valence-electron chi connectivity index (χ3n) is 7.44. The van der Waals surface area contributed by atoms with E-state index >= 15 is 0 Å². The molecule has 2 amide bonds. The van der Waals surface area contributed by atoms with Gasteiger partial charge in [0, 0.05) is 64.9 Å². The second kappa shape index (κ2) is 11.5. The van der Waals surface area contributed by atoms with Crippen LogP contribution >= 0.6 is 11.3 Å². The first-order valence-corrected chi connectivity index (χ1v) is 14.1. The first-order chi connectivity index (χ1) is 19.5. The van der Waals surface area contributed by atoms with Gasteiger partial charge in [-0.1, -0.05) is 0 Å². The van der Waals surface area contributed by atoms with Gasteiger partial charge in [-0.25, -0.2) is 24.5 Å². The highest BCUT2D eigenvalue weighted by molar-refractivity contribution is 7.13. The second-order valence-electron chi connectivity index (χ2n) is 11.3. The van der Waals surface area contributed by atoms with E-state index in [2.05, 4.69) is 65.2 Å². The van der Waals surface area contributed by atoms with Crippen LogP contribution in [0.3, 0.4) is 0 Å². The maximum Gasteiger partial charge on any atom is 0.434 e. The molecule has 3 N–H and O–H groups in total. The van der Waals surface area contributed by atoms with Crippen LogP contribution in [0.2, 0.25) is 0 Å². The van der Waals surface area contributed by atoms with Crippen LogP contribution in [0.25, 0.3) is 21.7 Å². The van der Waals surface area contributed by atoms with Crippen molar-refractivity contribution in [2.24, 2.45) is 0 Å². The van der Waals surface area contributed by atoms with Crippen molar-refractivity contribution in [3.05, 3.63) is 41.2 Å². The maximum atomic E-state index is 13.5. The van der Waals surface area contributed by atoms with Gasteiger partial charge >= 0.3 is 18.2 Å². The fourth-order valence-electron chi connectivity index (χ4n) is 5.14. The quantitative estimate of drug-likeness (QED) is 0.292. The fraction of sp³-hybridized carbons (Fsp3) is 0.464. The molecule has 0 bridgehead atoms. The number of likely N-dealkylation sites (tertiary alicyclic amines) is 1. The predicted octanol–water partition coefficient (Wildman–Crippen LogP) is 6.16. The topological polar surface area (TPSA) is 130 Å². The summed E-state index contributed by atoms with van der Waals surface area (Å²) in [6.45, 7) is 10.5. The molecule has 0 aromatic carbocycles. The number of pyridine rings is 2. The van der Waals surface area contributed by atoms with Crippen molar-refractivity contribution in [1.82, 2.24) is 25.2 Å². The van der Waals surface area contributed by atoms with Crippen LogP contribution in [-0.4, -0.2) is 67.7 Å². The number of carboxylic acids is 1. The number of nitrogens with zero attached hydrogens (tertiary/aromatic N) is 4. The van der Waals surface area contributed by atoms with Crippen LogP contribution in [-0.2, 0) is 6.18 Å². The Labute approximate surface area is 245 Å². The Hall–Kier alpha value is -3.78. The van der Waals surface area contributed by atoms with Gasteiger partial charge in [-0.3, -0.25) is 10.2 Å². The molecule has 0 spiro atoms. The molecule has 0 radical (unpaired) electrons. The van der Waals surface area contributed by atoms with Crippen LogP contribution in [0, 0.1) is 0 Å². The lowest BCUT2D eigenvalue weighted by atomic mass is 9.78. The number of thiazole rings is 1. The predicted molar refractivity (Wildman–Crippen MR) is 153 cm³/mol. The summed E-state index contributed by atoms with van der Waals surface area (Å²) < 4.78 is 46.8. The van der Waals surface area contributed by atoms with E-state index < -0.39 is 23.9 Å². The summed E-state index contributed by atoms with van der Waals surface area (Å²) in [4.78, 5) is 38.8. The number of hydrogen-bond donors (Lipinski definition) is 3. The number of urea groups is 1. The average Bonchev–Trinajstić information content (AvgIpc) is 3.38. The van der Waals surface area contributed by atoms with Gasteiger partial charge in [0.05, 0.1) is 5.56 Å². The third kappa shape index (κ3) is 6.65. The number of carbonyl (C=O) groups is 2. The van der Waals surface area contributed by atoms with Crippen molar-refractivity contribution in [2.75, 3.05) is 18.9 Å². The molecule has 1 aliphatic heterocycles. The zero-order valence-corrected chi connectivity index (χ0v) is 24.9. The number of hydrogen-bond acceptors (Lipinski definition) is 8. The number of alkyl halides is 3. The molecule has 14 heteroatoms. The number of piperidine rings is 1. The van der Waals surface area contributed by atoms with Gasteiger partial charge in [0.2, 0.25) is 5.88 Å². The van der Waals surface area contributed by atoms with Gasteiger partial charge in [-0.15, -0.1) is 11.3 Å². The van der Waals surface area contributed by atoms with Gasteiger partial charge in [-0.2, -0.15) is 13.2 Å². The van der Waals surface area contributed by atoms with Crippen molar-refractivity contribution >= 4 is 29.2 Å². The number of aromatic nitrogens is 3. The molecule has 3 aromatic heterocycles.